The summed E-state index contributed by atoms with van der Waals surface area (Å²) in [6, 6.07) is 3.14. The molecule has 1 aliphatic rings. The van der Waals surface area contributed by atoms with E-state index in [0.29, 0.717) is 29.6 Å². The number of hydrogen-bond donors (Lipinski definition) is 2. The molecule has 9 heteroatoms. The maximum atomic E-state index is 12.7. The molecule has 3 aromatic heterocycles. The van der Waals surface area contributed by atoms with Crippen LogP contribution in [0.5, 0.6) is 5.75 Å². The fourth-order valence-corrected chi connectivity index (χ4v) is 3.06. The van der Waals surface area contributed by atoms with Gasteiger partial charge in [-0.05, 0) is 24.6 Å². The summed E-state index contributed by atoms with van der Waals surface area (Å²) >= 11 is 0. The summed E-state index contributed by atoms with van der Waals surface area (Å²) < 4.78 is 7.64. The minimum absolute atomic E-state index is 0.0493. The van der Waals surface area contributed by atoms with Gasteiger partial charge < -0.3 is 10.1 Å². The van der Waals surface area contributed by atoms with Crippen LogP contribution in [0.1, 0.15) is 35.2 Å². The van der Waals surface area contributed by atoms with Crippen LogP contribution >= 0.6 is 0 Å². The highest BCUT2D eigenvalue weighted by molar-refractivity contribution is 5.90. The number of imidazole rings is 1. The number of pyridine rings is 1. The number of ether oxygens (including phenoxy) is 1. The number of nitrogens with one attached hydrogen (secondary N) is 2. The number of aromatic nitrogens is 6. The van der Waals surface area contributed by atoms with Crippen LogP contribution in [0.2, 0.25) is 0 Å². The molecule has 0 saturated heterocycles. The van der Waals surface area contributed by atoms with Gasteiger partial charge in [-0.2, -0.15) is 0 Å². The standard InChI is InChI=1S/C21H21N7O2/c1-3-4-5-7-14(2)12-17-25-18(27-26-17)21(29)24-15-13-30-16-8-6-9-22-20(16)28-11-10-23-19(15)28/h3-11,15H,2,12-13H2,1H3,(H,24,29)(H,25,26,27)/b4-3-,7-5-/t15-/m1/s1. The minimum Gasteiger partial charge on any atom is -0.487 e. The summed E-state index contributed by atoms with van der Waals surface area (Å²) in [4.78, 5) is 25.7. The largest absolute Gasteiger partial charge is 0.487 e. The van der Waals surface area contributed by atoms with Crippen molar-refractivity contribution in [3.05, 3.63) is 84.7 Å². The average molecular weight is 403 g/mol. The van der Waals surface area contributed by atoms with Crippen molar-refractivity contribution >= 4 is 5.91 Å². The number of hydrogen-bond acceptors (Lipinski definition) is 6. The molecule has 0 unspecified atom stereocenters. The Morgan fingerprint density at radius 1 is 1.40 bits per heavy atom. The molecule has 0 bridgehead atoms. The number of amides is 1. The van der Waals surface area contributed by atoms with Crippen LogP contribution < -0.4 is 10.1 Å². The number of allylic oxidation sites excluding steroid dienone is 5. The van der Waals surface area contributed by atoms with E-state index in [9.17, 15) is 4.79 Å². The average Bonchev–Trinajstić information content (AvgIpc) is 3.39. The Kier molecular flexibility index (Phi) is 5.51. The van der Waals surface area contributed by atoms with Crippen LogP contribution in [-0.4, -0.2) is 42.2 Å². The van der Waals surface area contributed by atoms with E-state index in [1.165, 1.54) is 0 Å². The molecule has 30 heavy (non-hydrogen) atoms. The quantitative estimate of drug-likeness (QED) is 0.612. The number of fused-ring (bicyclic) bond motifs is 3. The van der Waals surface area contributed by atoms with E-state index >= 15 is 0 Å². The maximum absolute atomic E-state index is 12.7. The highest BCUT2D eigenvalue weighted by Gasteiger charge is 2.27. The van der Waals surface area contributed by atoms with E-state index in [1.54, 1.807) is 29.2 Å². The van der Waals surface area contributed by atoms with Gasteiger partial charge in [0.2, 0.25) is 5.82 Å². The van der Waals surface area contributed by atoms with Crippen LogP contribution in [0.25, 0.3) is 5.82 Å². The van der Waals surface area contributed by atoms with Crippen LogP contribution in [-0.2, 0) is 6.42 Å². The minimum atomic E-state index is -0.484. The highest BCUT2D eigenvalue weighted by Crippen LogP contribution is 2.28. The fraction of sp³-hybridized carbons (Fsp3) is 0.190. The van der Waals surface area contributed by atoms with Crippen molar-refractivity contribution in [1.82, 2.24) is 35.0 Å². The molecule has 0 spiro atoms. The summed E-state index contributed by atoms with van der Waals surface area (Å²) in [5.41, 5.74) is 0.848. The van der Waals surface area contributed by atoms with Crippen molar-refractivity contribution in [2.75, 3.05) is 6.61 Å². The van der Waals surface area contributed by atoms with Gasteiger partial charge in [-0.25, -0.2) is 15.0 Å². The van der Waals surface area contributed by atoms with Crippen LogP contribution in [0.15, 0.2) is 67.2 Å². The van der Waals surface area contributed by atoms with Gasteiger partial charge in [0.25, 0.3) is 5.91 Å². The molecule has 1 amide bonds. The maximum Gasteiger partial charge on any atom is 0.291 e. The van der Waals surface area contributed by atoms with Crippen molar-refractivity contribution in [3.63, 3.8) is 0 Å². The lowest BCUT2D eigenvalue weighted by Crippen LogP contribution is -2.33. The second-order valence-electron chi connectivity index (χ2n) is 6.64. The molecule has 1 atom stereocenters. The van der Waals surface area contributed by atoms with Crippen molar-refractivity contribution < 1.29 is 9.53 Å². The summed E-state index contributed by atoms with van der Waals surface area (Å²) in [6.07, 6.45) is 13.2. The number of nitrogens with zero attached hydrogens (tertiary/aromatic N) is 5. The van der Waals surface area contributed by atoms with Crippen molar-refractivity contribution in [2.24, 2.45) is 0 Å². The molecule has 3 aromatic rings. The second-order valence-corrected chi connectivity index (χ2v) is 6.64. The lowest BCUT2D eigenvalue weighted by atomic mass is 10.2. The van der Waals surface area contributed by atoms with Crippen molar-refractivity contribution in [2.45, 2.75) is 19.4 Å². The van der Waals surface area contributed by atoms with Gasteiger partial charge in [0, 0.05) is 25.0 Å². The molecule has 0 aliphatic carbocycles. The summed E-state index contributed by atoms with van der Waals surface area (Å²) in [5.74, 6) is 2.07. The van der Waals surface area contributed by atoms with E-state index < -0.39 is 11.9 Å². The number of carbonyl (C=O) groups is 1. The van der Waals surface area contributed by atoms with Crippen LogP contribution in [0.4, 0.5) is 0 Å². The first-order chi connectivity index (χ1) is 14.7. The molecular formula is C21H21N7O2. The lowest BCUT2D eigenvalue weighted by Gasteiger charge is -2.14. The topological polar surface area (TPSA) is 111 Å². The van der Waals surface area contributed by atoms with E-state index in [0.717, 1.165) is 5.57 Å². The van der Waals surface area contributed by atoms with Gasteiger partial charge >= 0.3 is 0 Å². The van der Waals surface area contributed by atoms with E-state index in [1.807, 2.05) is 37.3 Å². The molecule has 2 N–H and O–H groups in total. The molecule has 152 valence electrons. The Balaban J connectivity index is 1.46. The Bertz CT molecular complexity index is 1130. The predicted octanol–water partition coefficient (Wildman–Crippen LogP) is 2.48. The van der Waals surface area contributed by atoms with E-state index in [4.69, 9.17) is 4.74 Å². The molecule has 9 nitrogen and oxygen atoms in total. The third-order valence-corrected chi connectivity index (χ3v) is 4.44. The Labute approximate surface area is 173 Å². The van der Waals surface area contributed by atoms with E-state index in [2.05, 4.69) is 37.0 Å². The van der Waals surface area contributed by atoms with Crippen LogP contribution in [0, 0.1) is 0 Å². The van der Waals surface area contributed by atoms with Gasteiger partial charge in [0.05, 0.1) is 0 Å². The normalized spacial score (nSPS) is 15.4. The Hall–Kier alpha value is -4.01. The predicted molar refractivity (Wildman–Crippen MR) is 110 cm³/mol. The third kappa shape index (κ3) is 4.04. The molecule has 0 saturated carbocycles. The SMILES string of the molecule is C=C(/C=C\C=C/C)Cc1nc(C(=O)N[C@@H]2COc3cccnc3-n3ccnc32)n[nH]1. The Morgan fingerprint density at radius 3 is 3.17 bits per heavy atom. The Morgan fingerprint density at radius 2 is 2.30 bits per heavy atom. The summed E-state index contributed by atoms with van der Waals surface area (Å²) in [5, 5.41) is 9.71. The zero-order chi connectivity index (χ0) is 20.9. The summed E-state index contributed by atoms with van der Waals surface area (Å²) in [6.45, 7) is 6.13. The first-order valence-corrected chi connectivity index (χ1v) is 9.46. The smallest absolute Gasteiger partial charge is 0.291 e. The monoisotopic (exact) mass is 403 g/mol. The molecule has 0 fully saturated rings. The zero-order valence-electron chi connectivity index (χ0n) is 16.4. The van der Waals surface area contributed by atoms with Gasteiger partial charge in [-0.15, -0.1) is 5.10 Å². The molecule has 4 rings (SSSR count). The zero-order valence-corrected chi connectivity index (χ0v) is 16.4. The highest BCUT2D eigenvalue weighted by atomic mass is 16.5. The fourth-order valence-electron chi connectivity index (χ4n) is 3.06. The first kappa shape index (κ1) is 19.3. The first-order valence-electron chi connectivity index (χ1n) is 9.46. The van der Waals surface area contributed by atoms with Gasteiger partial charge in [0.1, 0.15) is 24.3 Å². The van der Waals surface area contributed by atoms with Crippen LogP contribution in [0.3, 0.4) is 0 Å². The van der Waals surface area contributed by atoms with Gasteiger partial charge in [0.15, 0.2) is 11.6 Å². The van der Waals surface area contributed by atoms with Gasteiger partial charge in [-0.1, -0.05) is 30.9 Å². The number of rotatable bonds is 6. The van der Waals surface area contributed by atoms with Gasteiger partial charge in [-0.3, -0.25) is 14.5 Å². The molecule has 0 aromatic carbocycles. The number of aromatic amines is 1. The summed E-state index contributed by atoms with van der Waals surface area (Å²) in [7, 11) is 0. The van der Waals surface area contributed by atoms with Crippen molar-refractivity contribution in [3.8, 4) is 11.6 Å². The molecule has 0 radical (unpaired) electrons. The molecule has 4 heterocycles. The molecular weight excluding hydrogens is 382 g/mol. The lowest BCUT2D eigenvalue weighted by molar-refractivity contribution is 0.0909. The number of H-pyrrole nitrogens is 1. The molecule has 1 aliphatic heterocycles. The van der Waals surface area contributed by atoms with E-state index in [-0.39, 0.29) is 12.4 Å². The number of carbonyl (C=O) groups excluding carboxylic acids is 1. The van der Waals surface area contributed by atoms with Crippen molar-refractivity contribution in [1.29, 1.82) is 0 Å². The second kappa shape index (κ2) is 8.56. The third-order valence-electron chi connectivity index (χ3n) is 4.44.